The maximum Gasteiger partial charge on any atom is 0.220 e. The van der Waals surface area contributed by atoms with Crippen molar-refractivity contribution < 1.29 is 0 Å². The second-order valence-corrected chi connectivity index (χ2v) is 3.81. The van der Waals surface area contributed by atoms with Gasteiger partial charge in [0, 0.05) is 4.47 Å². The Morgan fingerprint density at radius 2 is 2.15 bits per heavy atom. The number of nitrogen functional groups attached to an aromatic ring is 2. The molecule has 1 aromatic heterocycles. The normalized spacial score (nSPS) is 10.9. The van der Waals surface area contributed by atoms with Crippen LogP contribution in [-0.2, 0) is 0 Å². The van der Waals surface area contributed by atoms with Crippen molar-refractivity contribution in [2.75, 3.05) is 11.6 Å². The van der Waals surface area contributed by atoms with Gasteiger partial charge in [-0.3, -0.25) is 0 Å². The molecule has 4 N–H and O–H groups in total. The number of hydrogen-bond donors (Lipinski definition) is 2. The van der Waals surface area contributed by atoms with Crippen LogP contribution in [0.25, 0.3) is 11.0 Å². The molecule has 1 aromatic carbocycles. The molecule has 5 heteroatoms. The molecule has 0 amide bonds. The second kappa shape index (κ2) is 2.63. The van der Waals surface area contributed by atoms with Crippen LogP contribution >= 0.6 is 15.9 Å². The van der Waals surface area contributed by atoms with Crippen LogP contribution in [0.2, 0.25) is 0 Å². The Balaban J connectivity index is 2.94. The zero-order valence-corrected chi connectivity index (χ0v) is 8.67. The van der Waals surface area contributed by atoms with Gasteiger partial charge < -0.3 is 11.6 Å². The maximum atomic E-state index is 5.68. The van der Waals surface area contributed by atoms with Crippen LogP contribution in [0, 0.1) is 6.92 Å². The highest BCUT2D eigenvalue weighted by Crippen LogP contribution is 2.25. The molecular formula is C8H9BrN4. The third kappa shape index (κ3) is 1.16. The van der Waals surface area contributed by atoms with Gasteiger partial charge >= 0.3 is 0 Å². The van der Waals surface area contributed by atoms with Gasteiger partial charge in [0.05, 0.1) is 5.52 Å². The predicted octanol–water partition coefficient (Wildman–Crippen LogP) is 1.40. The Labute approximate surface area is 83.6 Å². The summed E-state index contributed by atoms with van der Waals surface area (Å²) in [5.74, 6) is 6.00. The fourth-order valence-corrected chi connectivity index (χ4v) is 1.96. The highest BCUT2D eigenvalue weighted by Gasteiger charge is 2.08. The van der Waals surface area contributed by atoms with E-state index in [0.29, 0.717) is 5.95 Å². The van der Waals surface area contributed by atoms with Gasteiger partial charge in [-0.15, -0.1) is 0 Å². The van der Waals surface area contributed by atoms with Crippen LogP contribution in [0.3, 0.4) is 0 Å². The van der Waals surface area contributed by atoms with Gasteiger partial charge in [0.2, 0.25) is 5.95 Å². The van der Waals surface area contributed by atoms with E-state index in [4.69, 9.17) is 11.6 Å². The third-order valence-corrected chi connectivity index (χ3v) is 2.52. The largest absolute Gasteiger partial charge is 0.368 e. The van der Waals surface area contributed by atoms with Gasteiger partial charge in [-0.2, -0.15) is 0 Å². The maximum absolute atomic E-state index is 5.68. The third-order valence-electron chi connectivity index (χ3n) is 1.92. The van der Waals surface area contributed by atoms with Gasteiger partial charge in [-0.25, -0.2) is 9.66 Å². The fourth-order valence-electron chi connectivity index (χ4n) is 1.30. The average Bonchev–Trinajstić information content (AvgIpc) is 2.32. The number of fused-ring (bicyclic) bond motifs is 1. The van der Waals surface area contributed by atoms with E-state index in [-0.39, 0.29) is 0 Å². The fraction of sp³-hybridized carbons (Fsp3) is 0.125. The SMILES string of the molecule is Cc1cc(Br)c2nc(N)n(N)c2c1. The molecule has 0 saturated heterocycles. The van der Waals surface area contributed by atoms with Crippen LogP contribution in [0.1, 0.15) is 5.56 Å². The Morgan fingerprint density at radius 1 is 1.46 bits per heavy atom. The summed E-state index contributed by atoms with van der Waals surface area (Å²) in [7, 11) is 0. The van der Waals surface area contributed by atoms with Gasteiger partial charge in [0.15, 0.2) is 0 Å². The molecule has 0 aliphatic carbocycles. The van der Waals surface area contributed by atoms with Gasteiger partial charge in [0.1, 0.15) is 5.52 Å². The number of nitrogens with zero attached hydrogens (tertiary/aromatic N) is 2. The monoisotopic (exact) mass is 240 g/mol. The summed E-state index contributed by atoms with van der Waals surface area (Å²) in [6.45, 7) is 1.99. The highest BCUT2D eigenvalue weighted by atomic mass is 79.9. The number of nitrogens with two attached hydrogens (primary N) is 2. The quantitative estimate of drug-likeness (QED) is 0.685. The number of aryl methyl sites for hydroxylation is 1. The zero-order chi connectivity index (χ0) is 9.59. The molecule has 0 unspecified atom stereocenters. The first-order chi connectivity index (χ1) is 6.09. The molecular weight excluding hydrogens is 232 g/mol. The summed E-state index contributed by atoms with van der Waals surface area (Å²) in [6.07, 6.45) is 0. The van der Waals surface area contributed by atoms with Crippen molar-refractivity contribution in [3.63, 3.8) is 0 Å². The molecule has 0 saturated carbocycles. The minimum absolute atomic E-state index is 0.321. The van der Waals surface area contributed by atoms with Crippen molar-refractivity contribution in [2.45, 2.75) is 6.92 Å². The first-order valence-electron chi connectivity index (χ1n) is 3.78. The molecule has 4 nitrogen and oxygen atoms in total. The lowest BCUT2D eigenvalue weighted by atomic mass is 10.2. The van der Waals surface area contributed by atoms with Gasteiger partial charge in [-0.05, 0) is 40.5 Å². The molecule has 0 radical (unpaired) electrons. The first-order valence-corrected chi connectivity index (χ1v) is 4.58. The molecule has 0 spiro atoms. The molecule has 0 atom stereocenters. The van der Waals surface area contributed by atoms with Crippen molar-refractivity contribution in [1.82, 2.24) is 9.66 Å². The summed E-state index contributed by atoms with van der Waals surface area (Å²) < 4.78 is 2.30. The molecule has 68 valence electrons. The van der Waals surface area contributed by atoms with E-state index in [1.807, 2.05) is 19.1 Å². The molecule has 2 rings (SSSR count). The summed E-state index contributed by atoms with van der Waals surface area (Å²) in [5, 5.41) is 0. The molecule has 0 fully saturated rings. The molecule has 0 bridgehead atoms. The standard InChI is InChI=1S/C8H9BrN4/c1-4-2-5(9)7-6(3-4)13(11)8(10)12-7/h2-3H,11H2,1H3,(H2,10,12). The Kier molecular flexibility index (Phi) is 1.69. The summed E-state index contributed by atoms with van der Waals surface area (Å²) in [5.41, 5.74) is 8.33. The lowest BCUT2D eigenvalue weighted by Gasteiger charge is -1.98. The predicted molar refractivity (Wildman–Crippen MR) is 56.7 cm³/mol. The van der Waals surface area contributed by atoms with E-state index in [9.17, 15) is 0 Å². The van der Waals surface area contributed by atoms with Gasteiger partial charge in [-0.1, -0.05) is 0 Å². The number of imidazole rings is 1. The number of halogens is 1. The topological polar surface area (TPSA) is 69.9 Å². The molecule has 13 heavy (non-hydrogen) atoms. The van der Waals surface area contributed by atoms with E-state index < -0.39 is 0 Å². The van der Waals surface area contributed by atoms with Crippen LogP contribution in [0.5, 0.6) is 0 Å². The van der Waals surface area contributed by atoms with E-state index in [1.165, 1.54) is 4.68 Å². The van der Waals surface area contributed by atoms with Crippen molar-refractivity contribution in [2.24, 2.45) is 0 Å². The van der Waals surface area contributed by atoms with E-state index in [1.54, 1.807) is 0 Å². The lowest BCUT2D eigenvalue weighted by molar-refractivity contribution is 1.05. The van der Waals surface area contributed by atoms with Crippen molar-refractivity contribution in [1.29, 1.82) is 0 Å². The Bertz CT molecular complexity index is 474. The minimum Gasteiger partial charge on any atom is -0.368 e. The Hall–Kier alpha value is -1.23. The molecule has 2 aromatic rings. The average molecular weight is 241 g/mol. The van der Waals surface area contributed by atoms with Crippen LogP contribution in [0.4, 0.5) is 5.95 Å². The number of aromatic nitrogens is 2. The number of hydrogen-bond acceptors (Lipinski definition) is 3. The summed E-state index contributed by atoms with van der Waals surface area (Å²) >= 11 is 3.41. The zero-order valence-electron chi connectivity index (χ0n) is 7.08. The summed E-state index contributed by atoms with van der Waals surface area (Å²) in [4.78, 5) is 4.12. The summed E-state index contributed by atoms with van der Waals surface area (Å²) in [6, 6.07) is 3.93. The molecule has 1 heterocycles. The van der Waals surface area contributed by atoms with Crippen LogP contribution in [0.15, 0.2) is 16.6 Å². The van der Waals surface area contributed by atoms with Crippen molar-refractivity contribution in [3.05, 3.63) is 22.2 Å². The highest BCUT2D eigenvalue weighted by molar-refractivity contribution is 9.10. The second-order valence-electron chi connectivity index (χ2n) is 2.95. The van der Waals surface area contributed by atoms with E-state index in [0.717, 1.165) is 21.1 Å². The van der Waals surface area contributed by atoms with Crippen molar-refractivity contribution >= 4 is 32.9 Å². The lowest BCUT2D eigenvalue weighted by Crippen LogP contribution is -2.11. The molecule has 0 aliphatic rings. The van der Waals surface area contributed by atoms with Crippen molar-refractivity contribution in [3.8, 4) is 0 Å². The Morgan fingerprint density at radius 3 is 2.85 bits per heavy atom. The number of anilines is 1. The smallest absolute Gasteiger partial charge is 0.220 e. The van der Waals surface area contributed by atoms with E-state index in [2.05, 4.69) is 20.9 Å². The number of benzene rings is 1. The van der Waals surface area contributed by atoms with Crippen LogP contribution in [-0.4, -0.2) is 9.66 Å². The van der Waals surface area contributed by atoms with Crippen LogP contribution < -0.4 is 11.6 Å². The van der Waals surface area contributed by atoms with Gasteiger partial charge in [0.25, 0.3) is 0 Å². The first kappa shape index (κ1) is 8.37. The van der Waals surface area contributed by atoms with E-state index >= 15 is 0 Å². The molecule has 0 aliphatic heterocycles. The minimum atomic E-state index is 0.321. The number of rotatable bonds is 0.